The summed E-state index contributed by atoms with van der Waals surface area (Å²) in [4.78, 5) is -0.0810. The Kier molecular flexibility index (Phi) is 3.98. The summed E-state index contributed by atoms with van der Waals surface area (Å²) < 4.78 is 36.1. The van der Waals surface area contributed by atoms with Gasteiger partial charge in [0.1, 0.15) is 5.82 Å². The number of hydrogen-bond donors (Lipinski definition) is 3. The van der Waals surface area contributed by atoms with Crippen LogP contribution < -0.4 is 16.2 Å². The molecular formula is C12H11BrFN3O2S. The zero-order chi connectivity index (χ0) is 14.9. The van der Waals surface area contributed by atoms with Crippen LogP contribution in [-0.4, -0.2) is 8.42 Å². The maximum Gasteiger partial charge on any atom is 0.238 e. The third-order valence-electron chi connectivity index (χ3n) is 2.55. The van der Waals surface area contributed by atoms with Gasteiger partial charge < -0.3 is 11.1 Å². The number of nitrogens with two attached hydrogens (primary N) is 2. The molecule has 0 aliphatic carbocycles. The summed E-state index contributed by atoms with van der Waals surface area (Å²) in [7, 11) is -3.80. The van der Waals surface area contributed by atoms with Crippen LogP contribution in [-0.2, 0) is 10.0 Å². The normalized spacial score (nSPS) is 11.3. The highest BCUT2D eigenvalue weighted by molar-refractivity contribution is 9.10. The average Bonchev–Trinajstić information content (AvgIpc) is 2.35. The maximum atomic E-state index is 13.4. The molecule has 2 aromatic rings. The lowest BCUT2D eigenvalue weighted by Gasteiger charge is -2.11. The summed E-state index contributed by atoms with van der Waals surface area (Å²) in [5, 5.41) is 7.90. The summed E-state index contributed by atoms with van der Waals surface area (Å²) in [6, 6.07) is 8.52. The molecule has 0 spiro atoms. The first-order valence-corrected chi connectivity index (χ1v) is 7.76. The Morgan fingerprint density at radius 3 is 2.40 bits per heavy atom. The van der Waals surface area contributed by atoms with Crippen LogP contribution in [0.15, 0.2) is 45.8 Å². The van der Waals surface area contributed by atoms with Crippen LogP contribution >= 0.6 is 15.9 Å². The molecule has 0 atom stereocenters. The van der Waals surface area contributed by atoms with Gasteiger partial charge in [0, 0.05) is 5.69 Å². The minimum Gasteiger partial charge on any atom is -0.397 e. The van der Waals surface area contributed by atoms with Gasteiger partial charge in [0.25, 0.3) is 0 Å². The van der Waals surface area contributed by atoms with Gasteiger partial charge in [-0.25, -0.2) is 17.9 Å². The molecule has 0 saturated carbocycles. The van der Waals surface area contributed by atoms with Gasteiger partial charge in [-0.2, -0.15) is 0 Å². The van der Waals surface area contributed by atoms with E-state index in [1.54, 1.807) is 12.1 Å². The van der Waals surface area contributed by atoms with Gasteiger partial charge in [0.2, 0.25) is 10.0 Å². The van der Waals surface area contributed by atoms with Crippen molar-refractivity contribution in [3.63, 3.8) is 0 Å². The molecule has 0 radical (unpaired) electrons. The minimum absolute atomic E-state index is 0.0810. The van der Waals surface area contributed by atoms with Crippen LogP contribution in [0.3, 0.4) is 0 Å². The number of anilines is 3. The Morgan fingerprint density at radius 1 is 1.15 bits per heavy atom. The van der Waals surface area contributed by atoms with Crippen molar-refractivity contribution >= 4 is 43.0 Å². The van der Waals surface area contributed by atoms with E-state index in [0.29, 0.717) is 15.8 Å². The second-order valence-electron chi connectivity index (χ2n) is 4.05. The van der Waals surface area contributed by atoms with Crippen molar-refractivity contribution in [3.8, 4) is 0 Å². The largest absolute Gasteiger partial charge is 0.397 e. The minimum atomic E-state index is -3.80. The van der Waals surface area contributed by atoms with E-state index in [4.69, 9.17) is 10.9 Å². The fraction of sp³-hybridized carbons (Fsp3) is 0. The second kappa shape index (κ2) is 5.39. The highest BCUT2D eigenvalue weighted by Gasteiger charge is 2.10. The molecule has 0 unspecified atom stereocenters. The molecule has 0 fully saturated rings. The first-order valence-electron chi connectivity index (χ1n) is 5.42. The predicted molar refractivity (Wildman–Crippen MR) is 79.6 cm³/mol. The molecule has 8 heteroatoms. The number of halogens is 2. The number of nitrogens with one attached hydrogen (secondary N) is 1. The fourth-order valence-electron chi connectivity index (χ4n) is 1.56. The zero-order valence-corrected chi connectivity index (χ0v) is 12.5. The third kappa shape index (κ3) is 3.27. The lowest BCUT2D eigenvalue weighted by molar-refractivity contribution is 0.598. The van der Waals surface area contributed by atoms with Gasteiger partial charge in [-0.1, -0.05) is 0 Å². The highest BCUT2D eigenvalue weighted by Crippen LogP contribution is 2.27. The number of nitrogen functional groups attached to an aromatic ring is 1. The Labute approximate surface area is 124 Å². The van der Waals surface area contributed by atoms with Crippen LogP contribution in [0.5, 0.6) is 0 Å². The monoisotopic (exact) mass is 359 g/mol. The van der Waals surface area contributed by atoms with Gasteiger partial charge in [-0.15, -0.1) is 0 Å². The van der Waals surface area contributed by atoms with Gasteiger partial charge in [-0.05, 0) is 52.3 Å². The molecule has 0 aromatic heterocycles. The summed E-state index contributed by atoms with van der Waals surface area (Å²) in [5.41, 5.74) is 6.89. The molecule has 0 amide bonds. The van der Waals surface area contributed by atoms with Gasteiger partial charge in [0.15, 0.2) is 0 Å². The Balaban J connectivity index is 2.32. The van der Waals surface area contributed by atoms with Crippen molar-refractivity contribution < 1.29 is 12.8 Å². The molecule has 106 valence electrons. The first-order chi connectivity index (χ1) is 9.27. The topological polar surface area (TPSA) is 98.2 Å². The van der Waals surface area contributed by atoms with Crippen molar-refractivity contribution in [1.29, 1.82) is 0 Å². The summed E-state index contributed by atoms with van der Waals surface area (Å²) >= 11 is 3.05. The van der Waals surface area contributed by atoms with Gasteiger partial charge in [-0.3, -0.25) is 0 Å². The molecule has 0 heterocycles. The number of hydrogen-bond acceptors (Lipinski definition) is 4. The Bertz CT molecular complexity index is 765. The fourth-order valence-corrected chi connectivity index (χ4v) is 2.36. The molecular weight excluding hydrogens is 349 g/mol. The van der Waals surface area contributed by atoms with E-state index < -0.39 is 15.8 Å². The van der Waals surface area contributed by atoms with E-state index in [0.717, 1.165) is 0 Å². The van der Waals surface area contributed by atoms with E-state index >= 15 is 0 Å². The lowest BCUT2D eigenvalue weighted by Crippen LogP contribution is -2.12. The maximum absolute atomic E-state index is 13.4. The third-order valence-corrected chi connectivity index (χ3v) is 4.10. The SMILES string of the molecule is Nc1cc(S(N)(=O)=O)ccc1Nc1ccc(Br)c(F)c1. The lowest BCUT2D eigenvalue weighted by atomic mass is 10.2. The quantitative estimate of drug-likeness (QED) is 0.733. The Hall–Kier alpha value is -1.64. The molecule has 0 aliphatic rings. The molecule has 5 nitrogen and oxygen atoms in total. The highest BCUT2D eigenvalue weighted by atomic mass is 79.9. The first kappa shape index (κ1) is 14.8. The molecule has 0 saturated heterocycles. The predicted octanol–water partition coefficient (Wildman–Crippen LogP) is 2.56. The number of rotatable bonds is 3. The van der Waals surface area contributed by atoms with E-state index in [2.05, 4.69) is 21.2 Å². The molecule has 20 heavy (non-hydrogen) atoms. The van der Waals surface area contributed by atoms with E-state index in [9.17, 15) is 12.8 Å². The molecule has 0 bridgehead atoms. The van der Waals surface area contributed by atoms with Crippen LogP contribution in [0.1, 0.15) is 0 Å². The second-order valence-corrected chi connectivity index (χ2v) is 6.46. The smallest absolute Gasteiger partial charge is 0.238 e. The van der Waals surface area contributed by atoms with Crippen molar-refractivity contribution in [3.05, 3.63) is 46.7 Å². The van der Waals surface area contributed by atoms with Crippen LogP contribution in [0, 0.1) is 5.82 Å². The number of benzene rings is 2. The summed E-state index contributed by atoms with van der Waals surface area (Å²) in [6.45, 7) is 0. The van der Waals surface area contributed by atoms with Crippen molar-refractivity contribution in [1.82, 2.24) is 0 Å². The number of primary sulfonamides is 1. The van der Waals surface area contributed by atoms with E-state index in [1.807, 2.05) is 0 Å². The van der Waals surface area contributed by atoms with Crippen molar-refractivity contribution in [2.45, 2.75) is 4.90 Å². The standard InChI is InChI=1S/C12H11BrFN3O2S/c13-9-3-1-7(5-10(9)14)17-12-4-2-8(6-11(12)15)20(16,18)19/h1-6,17H,15H2,(H2,16,18,19). The summed E-state index contributed by atoms with van der Waals surface area (Å²) in [6.07, 6.45) is 0. The molecule has 2 rings (SSSR count). The van der Waals surface area contributed by atoms with Crippen molar-refractivity contribution in [2.24, 2.45) is 5.14 Å². The molecule has 5 N–H and O–H groups in total. The van der Waals surface area contributed by atoms with Crippen LogP contribution in [0.4, 0.5) is 21.5 Å². The molecule has 2 aromatic carbocycles. The van der Waals surface area contributed by atoms with Crippen LogP contribution in [0.2, 0.25) is 0 Å². The molecule has 0 aliphatic heterocycles. The van der Waals surface area contributed by atoms with Crippen molar-refractivity contribution in [2.75, 3.05) is 11.1 Å². The van der Waals surface area contributed by atoms with E-state index in [-0.39, 0.29) is 10.6 Å². The van der Waals surface area contributed by atoms with Gasteiger partial charge in [0.05, 0.1) is 20.7 Å². The Morgan fingerprint density at radius 2 is 1.85 bits per heavy atom. The van der Waals surface area contributed by atoms with Gasteiger partial charge >= 0.3 is 0 Å². The zero-order valence-electron chi connectivity index (χ0n) is 10.1. The average molecular weight is 360 g/mol. The van der Waals surface area contributed by atoms with Crippen LogP contribution in [0.25, 0.3) is 0 Å². The van der Waals surface area contributed by atoms with E-state index in [1.165, 1.54) is 24.3 Å². The summed E-state index contributed by atoms with van der Waals surface area (Å²) in [5.74, 6) is -0.422. The number of sulfonamides is 1.